The zero-order valence-corrected chi connectivity index (χ0v) is 10.4. The Bertz CT molecular complexity index is 437. The topological polar surface area (TPSA) is 77.6 Å². The summed E-state index contributed by atoms with van der Waals surface area (Å²) in [4.78, 5) is 24.6. The third-order valence-electron chi connectivity index (χ3n) is 2.31. The quantitative estimate of drug-likeness (QED) is 0.766. The maximum absolute atomic E-state index is 11.7. The zero-order chi connectivity index (χ0) is 13.2. The van der Waals surface area contributed by atoms with Crippen molar-refractivity contribution in [3.63, 3.8) is 0 Å². The Labute approximate surface area is 99.9 Å². The molecule has 6 heteroatoms. The zero-order valence-electron chi connectivity index (χ0n) is 10.4. The van der Waals surface area contributed by atoms with Crippen LogP contribution in [0.15, 0.2) is 12.3 Å². The fourth-order valence-corrected chi connectivity index (χ4v) is 1.43. The van der Waals surface area contributed by atoms with Gasteiger partial charge in [0.2, 0.25) is 0 Å². The molecule has 0 spiro atoms. The minimum absolute atomic E-state index is 0.263. The Hall–Kier alpha value is -1.98. The summed E-state index contributed by atoms with van der Waals surface area (Å²) >= 11 is 0. The average Bonchev–Trinajstić information content (AvgIpc) is 2.56. The van der Waals surface area contributed by atoms with Gasteiger partial charge in [-0.1, -0.05) is 0 Å². The van der Waals surface area contributed by atoms with Gasteiger partial charge in [0.25, 0.3) is 5.91 Å². The van der Waals surface area contributed by atoms with E-state index in [4.69, 9.17) is 10.5 Å². The van der Waals surface area contributed by atoms with Crippen LogP contribution in [0.2, 0.25) is 0 Å². The second-order valence-electron chi connectivity index (χ2n) is 4.05. The first-order valence-corrected chi connectivity index (χ1v) is 5.17. The van der Waals surface area contributed by atoms with Crippen molar-refractivity contribution in [2.75, 3.05) is 19.8 Å². The maximum atomic E-state index is 11.7. The smallest absolute Gasteiger partial charge is 0.355 e. The molecule has 1 heterocycles. The van der Waals surface area contributed by atoms with Crippen molar-refractivity contribution in [1.29, 1.82) is 0 Å². The second-order valence-corrected chi connectivity index (χ2v) is 4.05. The van der Waals surface area contributed by atoms with E-state index in [0.717, 1.165) is 0 Å². The van der Waals surface area contributed by atoms with E-state index in [-0.39, 0.29) is 5.91 Å². The number of rotatable bonds is 3. The summed E-state index contributed by atoms with van der Waals surface area (Å²) in [6.45, 7) is 1.53. The number of carbonyl (C=O) groups is 2. The van der Waals surface area contributed by atoms with Crippen molar-refractivity contribution < 1.29 is 14.3 Å². The first-order chi connectivity index (χ1) is 7.82. The van der Waals surface area contributed by atoms with Crippen LogP contribution in [0, 0.1) is 0 Å². The predicted octanol–water partition coefficient (Wildman–Crippen LogP) is 0.241. The number of ether oxygens (including phenoxy) is 1. The van der Waals surface area contributed by atoms with Gasteiger partial charge in [0.1, 0.15) is 5.69 Å². The fourth-order valence-electron chi connectivity index (χ4n) is 1.43. The van der Waals surface area contributed by atoms with Crippen molar-refractivity contribution in [2.45, 2.75) is 13.0 Å². The molecule has 0 aliphatic heterocycles. The molecule has 6 nitrogen and oxygen atoms in total. The number of likely N-dealkylation sites (N-methyl/N-ethyl adjacent to an activating group) is 1. The van der Waals surface area contributed by atoms with Crippen molar-refractivity contribution in [3.8, 4) is 0 Å². The molecule has 1 unspecified atom stereocenters. The summed E-state index contributed by atoms with van der Waals surface area (Å²) in [5.41, 5.74) is 6.35. The number of esters is 1. The minimum Gasteiger partial charge on any atom is -0.448 e. The molecule has 1 aromatic heterocycles. The van der Waals surface area contributed by atoms with E-state index in [1.165, 1.54) is 17.9 Å². The molecule has 17 heavy (non-hydrogen) atoms. The number of hydrogen-bond donors (Lipinski definition) is 1. The third-order valence-corrected chi connectivity index (χ3v) is 2.31. The maximum Gasteiger partial charge on any atom is 0.355 e. The van der Waals surface area contributed by atoms with E-state index < -0.39 is 12.1 Å². The van der Waals surface area contributed by atoms with Crippen molar-refractivity contribution in [3.05, 3.63) is 18.0 Å². The summed E-state index contributed by atoms with van der Waals surface area (Å²) in [5, 5.41) is 0. The Kier molecular flexibility index (Phi) is 3.77. The molecule has 1 aromatic rings. The van der Waals surface area contributed by atoms with Crippen LogP contribution in [-0.2, 0) is 16.6 Å². The monoisotopic (exact) mass is 239 g/mol. The van der Waals surface area contributed by atoms with Gasteiger partial charge >= 0.3 is 5.97 Å². The van der Waals surface area contributed by atoms with E-state index in [0.29, 0.717) is 11.4 Å². The Balaban J connectivity index is 2.73. The third kappa shape index (κ3) is 2.99. The number of aryl methyl sites for hydroxylation is 1. The molecule has 0 aromatic carbocycles. The number of hydrogen-bond acceptors (Lipinski definition) is 4. The van der Waals surface area contributed by atoms with Gasteiger partial charge in [-0.15, -0.1) is 0 Å². The lowest BCUT2D eigenvalue weighted by molar-refractivity contribution is -0.137. The first-order valence-electron chi connectivity index (χ1n) is 5.17. The van der Waals surface area contributed by atoms with E-state index in [1.807, 2.05) is 0 Å². The van der Waals surface area contributed by atoms with Crippen LogP contribution in [-0.4, -0.2) is 41.5 Å². The van der Waals surface area contributed by atoms with Crippen LogP contribution in [0.1, 0.15) is 17.4 Å². The predicted molar refractivity (Wildman–Crippen MR) is 63.4 cm³/mol. The lowest BCUT2D eigenvalue weighted by Crippen LogP contribution is -2.35. The van der Waals surface area contributed by atoms with Gasteiger partial charge in [-0.2, -0.15) is 0 Å². The second kappa shape index (κ2) is 4.90. The Morgan fingerprint density at radius 2 is 2.06 bits per heavy atom. The first kappa shape index (κ1) is 13.1. The number of nitrogens with zero attached hydrogens (tertiary/aromatic N) is 2. The lowest BCUT2D eigenvalue weighted by atomic mass is 10.3. The molecule has 2 N–H and O–H groups in total. The average molecular weight is 239 g/mol. The number of nitrogens with two attached hydrogens (primary N) is 1. The molecule has 0 fully saturated rings. The van der Waals surface area contributed by atoms with Crippen LogP contribution in [0.5, 0.6) is 0 Å². The van der Waals surface area contributed by atoms with Gasteiger partial charge in [0.05, 0.1) is 5.69 Å². The van der Waals surface area contributed by atoms with E-state index >= 15 is 0 Å². The van der Waals surface area contributed by atoms with Crippen molar-refractivity contribution >= 4 is 17.6 Å². The molecule has 1 atom stereocenters. The summed E-state index contributed by atoms with van der Waals surface area (Å²) in [6, 6.07) is 1.51. The van der Waals surface area contributed by atoms with Gasteiger partial charge in [-0.3, -0.25) is 4.79 Å². The van der Waals surface area contributed by atoms with Gasteiger partial charge in [-0.25, -0.2) is 4.79 Å². The molecular weight excluding hydrogens is 222 g/mol. The molecular formula is C11H17N3O3. The Morgan fingerprint density at radius 1 is 1.47 bits per heavy atom. The highest BCUT2D eigenvalue weighted by molar-refractivity contribution is 5.91. The molecule has 0 saturated carbocycles. The van der Waals surface area contributed by atoms with E-state index in [2.05, 4.69) is 0 Å². The SMILES string of the molecule is CC(OC(=O)c1cc(N)cn1C)C(=O)N(C)C. The summed E-state index contributed by atoms with van der Waals surface area (Å²) < 4.78 is 6.61. The lowest BCUT2D eigenvalue weighted by Gasteiger charge is -2.17. The molecule has 0 saturated heterocycles. The largest absolute Gasteiger partial charge is 0.448 e. The Morgan fingerprint density at radius 3 is 2.47 bits per heavy atom. The van der Waals surface area contributed by atoms with Crippen LogP contribution in [0.3, 0.4) is 0 Å². The summed E-state index contributed by atoms with van der Waals surface area (Å²) in [5.74, 6) is -0.826. The molecule has 0 radical (unpaired) electrons. The van der Waals surface area contributed by atoms with E-state index in [1.54, 1.807) is 31.9 Å². The van der Waals surface area contributed by atoms with Crippen LogP contribution in [0.25, 0.3) is 0 Å². The normalized spacial score (nSPS) is 12.0. The van der Waals surface area contributed by atoms with Crippen molar-refractivity contribution in [2.24, 2.45) is 7.05 Å². The number of amides is 1. The number of carbonyl (C=O) groups excluding carboxylic acids is 2. The van der Waals surface area contributed by atoms with Crippen LogP contribution < -0.4 is 5.73 Å². The standard InChI is InChI=1S/C11H17N3O3/c1-7(10(15)13(2)3)17-11(16)9-5-8(12)6-14(9)4/h5-7H,12H2,1-4H3. The molecule has 0 aliphatic rings. The van der Waals surface area contributed by atoms with Gasteiger partial charge in [0.15, 0.2) is 6.10 Å². The molecule has 1 amide bonds. The molecule has 0 aliphatic carbocycles. The van der Waals surface area contributed by atoms with Gasteiger partial charge in [0, 0.05) is 27.3 Å². The molecule has 1 rings (SSSR count). The minimum atomic E-state index is -0.811. The van der Waals surface area contributed by atoms with Crippen molar-refractivity contribution in [1.82, 2.24) is 9.47 Å². The van der Waals surface area contributed by atoms with E-state index in [9.17, 15) is 9.59 Å². The van der Waals surface area contributed by atoms with Crippen LogP contribution in [0.4, 0.5) is 5.69 Å². The number of nitrogen functional groups attached to an aromatic ring is 1. The highest BCUT2D eigenvalue weighted by Crippen LogP contribution is 2.11. The van der Waals surface area contributed by atoms with Gasteiger partial charge < -0.3 is 19.9 Å². The molecule has 94 valence electrons. The van der Waals surface area contributed by atoms with Crippen LogP contribution >= 0.6 is 0 Å². The summed E-state index contributed by atoms with van der Waals surface area (Å²) in [7, 11) is 4.89. The van der Waals surface area contributed by atoms with Gasteiger partial charge in [-0.05, 0) is 13.0 Å². The molecule has 0 bridgehead atoms. The number of aromatic nitrogens is 1. The fraction of sp³-hybridized carbons (Fsp3) is 0.455. The highest BCUT2D eigenvalue weighted by Gasteiger charge is 2.21. The number of anilines is 1. The highest BCUT2D eigenvalue weighted by atomic mass is 16.5. The summed E-state index contributed by atoms with van der Waals surface area (Å²) in [6.07, 6.45) is 0.795.